The van der Waals surface area contributed by atoms with Crippen LogP contribution in [-0.4, -0.2) is 79.4 Å². The van der Waals surface area contributed by atoms with Crippen LogP contribution in [-0.2, 0) is 19.1 Å². The number of carboxylic acid groups (broad SMARTS) is 1. The summed E-state index contributed by atoms with van der Waals surface area (Å²) in [5, 5.41) is 11.4. The molecule has 14 heteroatoms. The number of fused-ring (bicyclic) bond motifs is 1. The van der Waals surface area contributed by atoms with Gasteiger partial charge in [0, 0.05) is 24.9 Å². The summed E-state index contributed by atoms with van der Waals surface area (Å²) in [6, 6.07) is 15.2. The molecule has 0 spiro atoms. The van der Waals surface area contributed by atoms with Gasteiger partial charge < -0.3 is 30.0 Å². The molecule has 2 aromatic heterocycles. The molecular formula is C37H42N8O6. The average molecular weight is 695 g/mol. The molecule has 0 bridgehead atoms. The van der Waals surface area contributed by atoms with Gasteiger partial charge in [0.2, 0.25) is 5.91 Å². The fourth-order valence-electron chi connectivity index (χ4n) is 7.71. The number of nitrogens with zero attached hydrogens (tertiary/aromatic N) is 3. The average Bonchev–Trinajstić information content (AvgIpc) is 3.95. The molecule has 4 aromatic rings. The minimum atomic E-state index is -1.20. The molecule has 14 nitrogen and oxygen atoms in total. The van der Waals surface area contributed by atoms with Crippen molar-refractivity contribution in [3.8, 4) is 33.6 Å². The number of esters is 1. The molecule has 2 saturated heterocycles. The lowest BCUT2D eigenvalue weighted by atomic mass is 9.78. The Morgan fingerprint density at radius 2 is 1.49 bits per heavy atom. The highest BCUT2D eigenvalue weighted by Gasteiger charge is 2.46. The summed E-state index contributed by atoms with van der Waals surface area (Å²) in [6.45, 7) is 4.28. The second-order valence-electron chi connectivity index (χ2n) is 13.9. The fraction of sp³-hybridized carbons (Fsp3) is 0.405. The highest BCUT2D eigenvalue weighted by molar-refractivity contribution is 5.98. The van der Waals surface area contributed by atoms with Crippen LogP contribution >= 0.6 is 0 Å². The molecule has 1 aliphatic carbocycles. The van der Waals surface area contributed by atoms with Crippen molar-refractivity contribution < 1.29 is 29.0 Å². The van der Waals surface area contributed by atoms with Crippen molar-refractivity contribution in [1.29, 1.82) is 0 Å². The smallest absolute Gasteiger partial charge is 0.405 e. The molecule has 2 aliphatic heterocycles. The van der Waals surface area contributed by atoms with Gasteiger partial charge in [0.25, 0.3) is 0 Å². The lowest BCUT2D eigenvalue weighted by Crippen LogP contribution is -2.50. The molecule has 6 unspecified atom stereocenters. The Hall–Kier alpha value is -5.34. The summed E-state index contributed by atoms with van der Waals surface area (Å²) in [5.74, 6) is -0.466. The van der Waals surface area contributed by atoms with Gasteiger partial charge in [-0.1, -0.05) is 62.4 Å². The second kappa shape index (κ2) is 14.1. The minimum absolute atomic E-state index is 0.0425. The number of likely N-dealkylation sites (tertiary alicyclic amines) is 1. The molecule has 3 aliphatic rings. The van der Waals surface area contributed by atoms with Crippen LogP contribution in [0.5, 0.6) is 0 Å². The quantitative estimate of drug-likeness (QED) is 0.108. The summed E-state index contributed by atoms with van der Waals surface area (Å²) >= 11 is 0. The molecule has 1 saturated carbocycles. The highest BCUT2D eigenvalue weighted by Crippen LogP contribution is 2.37. The second-order valence-corrected chi connectivity index (χ2v) is 13.9. The Kier molecular flexibility index (Phi) is 9.44. The van der Waals surface area contributed by atoms with Gasteiger partial charge in [-0.15, -0.1) is 0 Å². The summed E-state index contributed by atoms with van der Waals surface area (Å²) < 4.78 is 4.93. The number of amides is 2. The van der Waals surface area contributed by atoms with Crippen molar-refractivity contribution in [2.75, 3.05) is 13.7 Å². The van der Waals surface area contributed by atoms with Crippen molar-refractivity contribution >= 4 is 23.8 Å². The monoisotopic (exact) mass is 694 g/mol. The van der Waals surface area contributed by atoms with Crippen molar-refractivity contribution in [2.45, 2.75) is 63.7 Å². The largest absolute Gasteiger partial charge is 0.468 e. The van der Waals surface area contributed by atoms with Gasteiger partial charge in [-0.2, -0.15) is 0 Å². The zero-order valence-electron chi connectivity index (χ0n) is 28.7. The number of imidazole rings is 2. The van der Waals surface area contributed by atoms with E-state index in [1.165, 1.54) is 7.11 Å². The van der Waals surface area contributed by atoms with Crippen molar-refractivity contribution in [3.63, 3.8) is 0 Å². The first-order valence-corrected chi connectivity index (χ1v) is 17.3. The first-order valence-electron chi connectivity index (χ1n) is 17.3. The van der Waals surface area contributed by atoms with E-state index in [-0.39, 0.29) is 48.1 Å². The number of hydrazine groups is 1. The molecule has 6 atom stereocenters. The number of hydrogen-bond donors (Lipinski definition) is 6. The maximum atomic E-state index is 13.4. The van der Waals surface area contributed by atoms with E-state index in [9.17, 15) is 19.2 Å². The van der Waals surface area contributed by atoms with Gasteiger partial charge in [-0.05, 0) is 47.4 Å². The Balaban J connectivity index is 0.997. The number of aromatic nitrogens is 4. The van der Waals surface area contributed by atoms with E-state index in [0.717, 1.165) is 52.3 Å². The van der Waals surface area contributed by atoms with Gasteiger partial charge >= 0.3 is 12.1 Å². The van der Waals surface area contributed by atoms with E-state index < -0.39 is 24.0 Å². The molecule has 3 fully saturated rings. The summed E-state index contributed by atoms with van der Waals surface area (Å²) in [7, 11) is 1.31. The number of rotatable bonds is 9. The van der Waals surface area contributed by atoms with Crippen molar-refractivity contribution in [2.24, 2.45) is 17.8 Å². The molecule has 0 radical (unpaired) electrons. The van der Waals surface area contributed by atoms with Gasteiger partial charge in [-0.25, -0.2) is 20.2 Å². The van der Waals surface area contributed by atoms with E-state index in [1.807, 2.05) is 38.1 Å². The molecule has 2 aromatic carbocycles. The number of ketones is 1. The van der Waals surface area contributed by atoms with Crippen LogP contribution in [0.25, 0.3) is 33.6 Å². The summed E-state index contributed by atoms with van der Waals surface area (Å²) in [6.07, 6.45) is 4.62. The number of H-pyrrole nitrogens is 2. The fourth-order valence-corrected chi connectivity index (χ4v) is 7.71. The van der Waals surface area contributed by atoms with Crippen LogP contribution in [0.2, 0.25) is 0 Å². The number of nitrogens with one attached hydrogen (secondary N) is 5. The first kappa shape index (κ1) is 34.1. The Bertz CT molecular complexity index is 1920. The third-order valence-corrected chi connectivity index (χ3v) is 10.4. The van der Waals surface area contributed by atoms with E-state index in [0.29, 0.717) is 18.8 Å². The van der Waals surface area contributed by atoms with Crippen LogP contribution in [0, 0.1) is 17.8 Å². The lowest BCUT2D eigenvalue weighted by Gasteiger charge is -2.31. The molecule has 2 amide bonds. The van der Waals surface area contributed by atoms with Crippen LogP contribution in [0.15, 0.2) is 60.9 Å². The number of ether oxygens (including phenoxy) is 1. The van der Waals surface area contributed by atoms with Crippen LogP contribution in [0.3, 0.4) is 0 Å². The maximum Gasteiger partial charge on any atom is 0.405 e. The molecule has 266 valence electrons. The Labute approximate surface area is 294 Å². The van der Waals surface area contributed by atoms with Gasteiger partial charge in [0.15, 0.2) is 5.78 Å². The topological polar surface area (TPSA) is 194 Å². The number of benzene rings is 2. The van der Waals surface area contributed by atoms with Crippen molar-refractivity contribution in [1.82, 2.24) is 41.0 Å². The zero-order valence-corrected chi connectivity index (χ0v) is 28.7. The zero-order chi connectivity index (χ0) is 35.8. The van der Waals surface area contributed by atoms with Crippen LogP contribution < -0.4 is 16.2 Å². The first-order chi connectivity index (χ1) is 24.6. The minimum Gasteiger partial charge on any atom is -0.468 e. The molecule has 6 N–H and O–H groups in total. The number of carbonyl (C=O) groups is 4. The van der Waals surface area contributed by atoms with E-state index in [2.05, 4.69) is 60.4 Å². The predicted molar refractivity (Wildman–Crippen MR) is 187 cm³/mol. The highest BCUT2D eigenvalue weighted by atomic mass is 16.5. The normalized spacial score (nSPS) is 23.6. The Morgan fingerprint density at radius 1 is 0.902 bits per heavy atom. The third-order valence-electron chi connectivity index (χ3n) is 10.4. The van der Waals surface area contributed by atoms with E-state index in [4.69, 9.17) is 9.84 Å². The maximum absolute atomic E-state index is 13.4. The SMILES string of the molecule is COC(=O)C(C(=O)N1CCCC1c1ncc(-c2ccc(-c3ccc(-c4cnc(C5NNC6CC(NC(=O)O)C(=O)CC65)[nH]4)cc3)cc2)[nH]1)C(C)C. The molecular weight excluding hydrogens is 652 g/mol. The van der Waals surface area contributed by atoms with E-state index >= 15 is 0 Å². The summed E-state index contributed by atoms with van der Waals surface area (Å²) in [4.78, 5) is 67.3. The lowest BCUT2D eigenvalue weighted by molar-refractivity contribution is -0.156. The van der Waals surface area contributed by atoms with Gasteiger partial charge in [0.05, 0.1) is 49.0 Å². The standard InChI is InChI=1S/C37H42N8O6/c1-19(2)31(36(48)51-3)35(47)45-14-4-5-29(45)33-38-17-27(40-33)22-10-6-20(7-11-22)21-8-12-23(13-9-21)28-18-39-34(41-28)32-24-15-30(46)26(42-37(49)50)16-25(24)43-44-32/h6-13,17-19,24-26,29,31-32,42-44H,4-5,14-16H2,1-3H3,(H,38,40)(H,39,41)(H,49,50). The Morgan fingerprint density at radius 3 is 2.08 bits per heavy atom. The third kappa shape index (κ3) is 6.76. The predicted octanol–water partition coefficient (Wildman–Crippen LogP) is 4.38. The van der Waals surface area contributed by atoms with E-state index in [1.54, 1.807) is 17.3 Å². The number of hydrogen-bond acceptors (Lipinski definition) is 9. The number of aromatic amines is 2. The number of carbonyl (C=O) groups excluding carboxylic acids is 3. The van der Waals surface area contributed by atoms with Crippen LogP contribution in [0.4, 0.5) is 4.79 Å². The van der Waals surface area contributed by atoms with Crippen molar-refractivity contribution in [3.05, 3.63) is 72.6 Å². The van der Waals surface area contributed by atoms with Gasteiger partial charge in [-0.3, -0.25) is 19.8 Å². The molecule has 7 rings (SSSR count). The van der Waals surface area contributed by atoms with Crippen LogP contribution in [0.1, 0.15) is 63.3 Å². The molecule has 51 heavy (non-hydrogen) atoms. The van der Waals surface area contributed by atoms with Gasteiger partial charge in [0.1, 0.15) is 17.6 Å². The number of methoxy groups -OCH3 is 1. The molecule has 4 heterocycles. The number of Topliss-reactive ketones (excluding diaryl/α,β-unsaturated/α-hetero) is 1. The summed E-state index contributed by atoms with van der Waals surface area (Å²) in [5.41, 5.74) is 12.2.